The van der Waals surface area contributed by atoms with E-state index in [-0.39, 0.29) is 6.03 Å². The van der Waals surface area contributed by atoms with Crippen LogP contribution in [-0.4, -0.2) is 26.5 Å². The van der Waals surface area contributed by atoms with Crippen LogP contribution in [0.1, 0.15) is 24.0 Å². The summed E-state index contributed by atoms with van der Waals surface area (Å²) in [6.45, 7) is 2.74. The van der Waals surface area contributed by atoms with E-state index in [2.05, 4.69) is 30.1 Å². The Kier molecular flexibility index (Phi) is 3.07. The van der Waals surface area contributed by atoms with Gasteiger partial charge in [0.05, 0.1) is 0 Å². The maximum Gasteiger partial charge on any atom is 0.329 e. The molecule has 1 aromatic carbocycles. The van der Waals surface area contributed by atoms with Crippen molar-refractivity contribution < 1.29 is 4.79 Å². The average molecular weight is 255 g/mol. The van der Waals surface area contributed by atoms with Crippen molar-refractivity contribution in [1.82, 2.24) is 14.5 Å². The molecule has 0 saturated heterocycles. The van der Waals surface area contributed by atoms with Gasteiger partial charge in [-0.15, -0.1) is 0 Å². The van der Waals surface area contributed by atoms with Crippen molar-refractivity contribution in [2.24, 2.45) is 0 Å². The second-order valence-electron chi connectivity index (χ2n) is 5.10. The lowest BCUT2D eigenvalue weighted by Crippen LogP contribution is -2.35. The van der Waals surface area contributed by atoms with Crippen molar-refractivity contribution in [3.8, 4) is 0 Å². The van der Waals surface area contributed by atoms with Crippen LogP contribution in [0.25, 0.3) is 0 Å². The maximum absolute atomic E-state index is 12.4. The van der Waals surface area contributed by atoms with Gasteiger partial charge in [0.2, 0.25) is 0 Å². The summed E-state index contributed by atoms with van der Waals surface area (Å²) in [7, 11) is 0. The Balaban J connectivity index is 1.80. The van der Waals surface area contributed by atoms with E-state index in [1.807, 2.05) is 11.0 Å². The number of amides is 1. The predicted octanol–water partition coefficient (Wildman–Crippen LogP) is 2.82. The standard InChI is InChI=1S/C15H17N3O/c1-12-3-2-4-13(9-12)10-18(14-5-6-14)15(19)17-8-7-16-11-17/h2-4,7-9,11,14H,5-6,10H2,1H3. The third kappa shape index (κ3) is 2.67. The third-order valence-electron chi connectivity index (χ3n) is 3.39. The molecule has 0 bridgehead atoms. The molecule has 1 aliphatic carbocycles. The Labute approximate surface area is 112 Å². The molecule has 1 fully saturated rings. The molecule has 0 radical (unpaired) electrons. The number of aryl methyl sites for hydroxylation is 1. The number of nitrogens with zero attached hydrogens (tertiary/aromatic N) is 3. The van der Waals surface area contributed by atoms with Gasteiger partial charge in [0.1, 0.15) is 6.33 Å². The Morgan fingerprint density at radius 3 is 2.95 bits per heavy atom. The molecule has 0 atom stereocenters. The van der Waals surface area contributed by atoms with E-state index >= 15 is 0 Å². The molecule has 0 spiro atoms. The Bertz CT molecular complexity index is 573. The van der Waals surface area contributed by atoms with Gasteiger partial charge in [-0.3, -0.25) is 4.57 Å². The van der Waals surface area contributed by atoms with Crippen LogP contribution < -0.4 is 0 Å². The van der Waals surface area contributed by atoms with E-state index < -0.39 is 0 Å². The van der Waals surface area contributed by atoms with Crippen molar-refractivity contribution in [3.63, 3.8) is 0 Å². The number of hydrogen-bond donors (Lipinski definition) is 0. The molecule has 0 unspecified atom stereocenters. The molecule has 0 N–H and O–H groups in total. The van der Waals surface area contributed by atoms with E-state index in [1.165, 1.54) is 11.1 Å². The van der Waals surface area contributed by atoms with Crippen molar-refractivity contribution in [3.05, 3.63) is 54.1 Å². The summed E-state index contributed by atoms with van der Waals surface area (Å²) in [6.07, 6.45) is 7.11. The summed E-state index contributed by atoms with van der Waals surface area (Å²) >= 11 is 0. The minimum absolute atomic E-state index is 0.0153. The minimum Gasteiger partial charge on any atom is -0.317 e. The van der Waals surface area contributed by atoms with Gasteiger partial charge in [-0.25, -0.2) is 9.78 Å². The van der Waals surface area contributed by atoms with Gasteiger partial charge in [0.15, 0.2) is 0 Å². The zero-order valence-electron chi connectivity index (χ0n) is 11.0. The third-order valence-corrected chi connectivity index (χ3v) is 3.39. The van der Waals surface area contributed by atoms with Crippen molar-refractivity contribution >= 4 is 6.03 Å². The van der Waals surface area contributed by atoms with Crippen LogP contribution in [0.2, 0.25) is 0 Å². The second kappa shape index (κ2) is 4.88. The zero-order chi connectivity index (χ0) is 13.2. The smallest absolute Gasteiger partial charge is 0.317 e. The fourth-order valence-corrected chi connectivity index (χ4v) is 2.27. The summed E-state index contributed by atoms with van der Waals surface area (Å²) in [5.41, 5.74) is 2.41. The zero-order valence-corrected chi connectivity index (χ0v) is 11.0. The largest absolute Gasteiger partial charge is 0.329 e. The minimum atomic E-state index is 0.0153. The molecule has 0 aliphatic heterocycles. The molecule has 4 nitrogen and oxygen atoms in total. The number of carbonyl (C=O) groups excluding carboxylic acids is 1. The van der Waals surface area contributed by atoms with Crippen LogP contribution in [0.5, 0.6) is 0 Å². The quantitative estimate of drug-likeness (QED) is 0.845. The van der Waals surface area contributed by atoms with E-state index in [0.717, 1.165) is 12.8 Å². The highest BCUT2D eigenvalue weighted by molar-refractivity contribution is 5.77. The van der Waals surface area contributed by atoms with Crippen LogP contribution in [0.3, 0.4) is 0 Å². The lowest BCUT2D eigenvalue weighted by atomic mass is 10.1. The molecule has 1 heterocycles. The van der Waals surface area contributed by atoms with Gasteiger partial charge < -0.3 is 4.90 Å². The van der Waals surface area contributed by atoms with Crippen LogP contribution in [-0.2, 0) is 6.54 Å². The van der Waals surface area contributed by atoms with Gasteiger partial charge >= 0.3 is 6.03 Å². The van der Waals surface area contributed by atoms with Gasteiger partial charge in [0, 0.05) is 25.0 Å². The number of carbonyl (C=O) groups is 1. The normalized spacial score (nSPS) is 14.4. The van der Waals surface area contributed by atoms with Crippen molar-refractivity contribution in [1.29, 1.82) is 0 Å². The highest BCUT2D eigenvalue weighted by atomic mass is 16.2. The van der Waals surface area contributed by atoms with Gasteiger partial charge in [-0.2, -0.15) is 0 Å². The van der Waals surface area contributed by atoms with Crippen LogP contribution in [0.15, 0.2) is 43.0 Å². The Hall–Kier alpha value is -2.10. The Morgan fingerprint density at radius 1 is 1.47 bits per heavy atom. The molecule has 4 heteroatoms. The molecule has 1 aliphatic rings. The van der Waals surface area contributed by atoms with Crippen molar-refractivity contribution in [2.75, 3.05) is 0 Å². The summed E-state index contributed by atoms with van der Waals surface area (Å²) in [5.74, 6) is 0. The number of benzene rings is 1. The highest BCUT2D eigenvalue weighted by Gasteiger charge is 2.33. The summed E-state index contributed by atoms with van der Waals surface area (Å²) < 4.78 is 1.55. The van der Waals surface area contributed by atoms with Crippen LogP contribution >= 0.6 is 0 Å². The Morgan fingerprint density at radius 2 is 2.32 bits per heavy atom. The summed E-state index contributed by atoms with van der Waals surface area (Å²) in [6, 6.07) is 8.72. The average Bonchev–Trinajstić information content (AvgIpc) is 3.09. The van der Waals surface area contributed by atoms with Gasteiger partial charge in [0.25, 0.3) is 0 Å². The number of rotatable bonds is 3. The van der Waals surface area contributed by atoms with Crippen molar-refractivity contribution in [2.45, 2.75) is 32.4 Å². The first-order chi connectivity index (χ1) is 9.24. The maximum atomic E-state index is 12.4. The molecule has 1 amide bonds. The van der Waals surface area contributed by atoms with Crippen LogP contribution in [0.4, 0.5) is 4.79 Å². The number of imidazole rings is 1. The first-order valence-corrected chi connectivity index (χ1v) is 6.58. The molecule has 98 valence electrons. The first-order valence-electron chi connectivity index (χ1n) is 6.58. The summed E-state index contributed by atoms with van der Waals surface area (Å²) in [4.78, 5) is 18.3. The molecule has 19 heavy (non-hydrogen) atoms. The van der Waals surface area contributed by atoms with Crippen LogP contribution in [0, 0.1) is 6.92 Å². The SMILES string of the molecule is Cc1cccc(CN(C(=O)n2ccnc2)C2CC2)c1. The lowest BCUT2D eigenvalue weighted by molar-refractivity contribution is 0.193. The molecule has 3 rings (SSSR count). The molecule has 1 saturated carbocycles. The van der Waals surface area contributed by atoms with Gasteiger partial charge in [-0.1, -0.05) is 29.8 Å². The lowest BCUT2D eigenvalue weighted by Gasteiger charge is -2.22. The number of aromatic nitrogens is 2. The molecular weight excluding hydrogens is 238 g/mol. The number of hydrogen-bond acceptors (Lipinski definition) is 2. The molecule has 2 aromatic rings. The van der Waals surface area contributed by atoms with Gasteiger partial charge in [-0.05, 0) is 25.3 Å². The summed E-state index contributed by atoms with van der Waals surface area (Å²) in [5, 5.41) is 0. The first kappa shape index (κ1) is 12.0. The topological polar surface area (TPSA) is 38.1 Å². The van der Waals surface area contributed by atoms with E-state index in [9.17, 15) is 4.79 Å². The monoisotopic (exact) mass is 255 g/mol. The predicted molar refractivity (Wildman–Crippen MR) is 72.8 cm³/mol. The van der Waals surface area contributed by atoms with E-state index in [0.29, 0.717) is 12.6 Å². The fourth-order valence-electron chi connectivity index (χ4n) is 2.27. The fraction of sp³-hybridized carbons (Fsp3) is 0.333. The molecule has 1 aromatic heterocycles. The highest BCUT2D eigenvalue weighted by Crippen LogP contribution is 2.29. The van der Waals surface area contributed by atoms with E-state index in [4.69, 9.17) is 0 Å². The van der Waals surface area contributed by atoms with E-state index in [1.54, 1.807) is 23.3 Å². The second-order valence-corrected chi connectivity index (χ2v) is 5.10. The molecular formula is C15H17N3O.